The molecule has 0 fully saturated rings. The number of nitrogens with zero attached hydrogens (tertiary/aromatic N) is 1. The van der Waals surface area contributed by atoms with Gasteiger partial charge >= 0.3 is 5.97 Å². The minimum Gasteiger partial charge on any atom is -0.488 e. The van der Waals surface area contributed by atoms with Crippen molar-refractivity contribution in [2.24, 2.45) is 0 Å². The highest BCUT2D eigenvalue weighted by molar-refractivity contribution is 7.10. The molecule has 0 aliphatic heterocycles. The van der Waals surface area contributed by atoms with Crippen molar-refractivity contribution in [1.29, 1.82) is 0 Å². The second kappa shape index (κ2) is 7.07. The number of carboxylic acids is 1. The molecule has 0 radical (unpaired) electrons. The second-order valence-corrected chi connectivity index (χ2v) is 5.91. The molecule has 0 amide bonds. The average molecular weight is 325 g/mol. The molecule has 2 aromatic carbocycles. The maximum absolute atomic E-state index is 10.8. The van der Waals surface area contributed by atoms with Gasteiger partial charge in [-0.1, -0.05) is 42.5 Å². The lowest BCUT2D eigenvalue weighted by Crippen LogP contribution is -1.99. The predicted molar refractivity (Wildman–Crippen MR) is 89.7 cm³/mol. The van der Waals surface area contributed by atoms with E-state index in [1.165, 1.54) is 11.3 Å². The molecule has 5 heteroatoms. The summed E-state index contributed by atoms with van der Waals surface area (Å²) >= 11 is 1.35. The smallest absolute Gasteiger partial charge is 0.310 e. The van der Waals surface area contributed by atoms with E-state index < -0.39 is 5.97 Å². The van der Waals surface area contributed by atoms with Crippen LogP contribution in [-0.2, 0) is 17.8 Å². The number of para-hydroxylation sites is 1. The average Bonchev–Trinajstić information content (AvgIpc) is 3.02. The standard InChI is InChI=1S/C18H15NO3S/c20-18(21)10-17-19-15(12-23-17)14-8-4-5-9-16(14)22-11-13-6-2-1-3-7-13/h1-9,12H,10-11H2,(H,20,21). The lowest BCUT2D eigenvalue weighted by Gasteiger charge is -2.10. The van der Waals surface area contributed by atoms with Gasteiger partial charge in [-0.3, -0.25) is 4.79 Å². The monoisotopic (exact) mass is 325 g/mol. The molecule has 1 N–H and O–H groups in total. The SMILES string of the molecule is O=C(O)Cc1nc(-c2ccccc2OCc2ccccc2)cs1. The van der Waals surface area contributed by atoms with E-state index in [9.17, 15) is 4.79 Å². The van der Waals surface area contributed by atoms with Crippen LogP contribution in [0.15, 0.2) is 60.0 Å². The molecule has 0 spiro atoms. The maximum Gasteiger partial charge on any atom is 0.310 e. The fourth-order valence-electron chi connectivity index (χ4n) is 2.18. The van der Waals surface area contributed by atoms with Gasteiger partial charge in [0.15, 0.2) is 0 Å². The Bertz CT molecular complexity index is 799. The zero-order valence-corrected chi connectivity index (χ0v) is 13.1. The van der Waals surface area contributed by atoms with Crippen LogP contribution in [0.2, 0.25) is 0 Å². The predicted octanol–water partition coefficient (Wildman–Crippen LogP) is 4.02. The number of thiazole rings is 1. The van der Waals surface area contributed by atoms with Crippen LogP contribution in [0.3, 0.4) is 0 Å². The van der Waals surface area contributed by atoms with E-state index in [4.69, 9.17) is 9.84 Å². The van der Waals surface area contributed by atoms with Gasteiger partial charge in [0.2, 0.25) is 0 Å². The molecular weight excluding hydrogens is 310 g/mol. The van der Waals surface area contributed by atoms with Gasteiger partial charge in [0.05, 0.1) is 12.1 Å². The summed E-state index contributed by atoms with van der Waals surface area (Å²) in [6, 6.07) is 17.6. The third kappa shape index (κ3) is 3.96. The largest absolute Gasteiger partial charge is 0.488 e. The van der Waals surface area contributed by atoms with Gasteiger partial charge in [-0.2, -0.15) is 0 Å². The number of aliphatic carboxylic acids is 1. The normalized spacial score (nSPS) is 10.4. The lowest BCUT2D eigenvalue weighted by atomic mass is 10.1. The topological polar surface area (TPSA) is 59.4 Å². The summed E-state index contributed by atoms with van der Waals surface area (Å²) < 4.78 is 5.92. The van der Waals surface area contributed by atoms with Crippen LogP contribution in [0.1, 0.15) is 10.6 Å². The zero-order chi connectivity index (χ0) is 16.1. The van der Waals surface area contributed by atoms with Gasteiger partial charge in [-0.25, -0.2) is 4.98 Å². The van der Waals surface area contributed by atoms with E-state index in [0.29, 0.717) is 11.6 Å². The first-order chi connectivity index (χ1) is 11.2. The van der Waals surface area contributed by atoms with Crippen molar-refractivity contribution in [2.75, 3.05) is 0 Å². The Balaban J connectivity index is 1.80. The number of aromatic nitrogens is 1. The summed E-state index contributed by atoms with van der Waals surface area (Å²) in [4.78, 5) is 15.2. The number of rotatable bonds is 6. The van der Waals surface area contributed by atoms with Crippen molar-refractivity contribution >= 4 is 17.3 Å². The zero-order valence-electron chi connectivity index (χ0n) is 12.3. The summed E-state index contributed by atoms with van der Waals surface area (Å²) in [5.74, 6) is -0.136. The van der Waals surface area contributed by atoms with Crippen LogP contribution in [0.4, 0.5) is 0 Å². The molecule has 4 nitrogen and oxygen atoms in total. The summed E-state index contributed by atoms with van der Waals surface area (Å²) in [6.45, 7) is 0.476. The van der Waals surface area contributed by atoms with E-state index in [0.717, 1.165) is 22.6 Å². The Morgan fingerprint density at radius 2 is 1.83 bits per heavy atom. The lowest BCUT2D eigenvalue weighted by molar-refractivity contribution is -0.136. The summed E-state index contributed by atoms with van der Waals surface area (Å²) in [7, 11) is 0. The Morgan fingerprint density at radius 3 is 2.61 bits per heavy atom. The van der Waals surface area contributed by atoms with Crippen LogP contribution in [0.5, 0.6) is 5.75 Å². The molecule has 1 aromatic heterocycles. The van der Waals surface area contributed by atoms with E-state index in [1.807, 2.05) is 60.0 Å². The summed E-state index contributed by atoms with van der Waals surface area (Å²) in [6.07, 6.45) is -0.0578. The van der Waals surface area contributed by atoms with Crippen LogP contribution in [0.25, 0.3) is 11.3 Å². The molecule has 3 aromatic rings. The Labute approximate surface area is 138 Å². The number of carbonyl (C=O) groups is 1. The Hall–Kier alpha value is -2.66. The molecule has 0 atom stereocenters. The van der Waals surface area contributed by atoms with Crippen LogP contribution < -0.4 is 4.74 Å². The van der Waals surface area contributed by atoms with Gasteiger partial charge < -0.3 is 9.84 Å². The van der Waals surface area contributed by atoms with E-state index >= 15 is 0 Å². The number of hydrogen-bond acceptors (Lipinski definition) is 4. The van der Waals surface area contributed by atoms with Crippen molar-refractivity contribution < 1.29 is 14.6 Å². The number of ether oxygens (including phenoxy) is 1. The highest BCUT2D eigenvalue weighted by Gasteiger charge is 2.12. The van der Waals surface area contributed by atoms with Crippen molar-refractivity contribution in [2.45, 2.75) is 13.0 Å². The third-order valence-electron chi connectivity index (χ3n) is 3.25. The number of benzene rings is 2. The maximum atomic E-state index is 10.8. The Kier molecular flexibility index (Phi) is 4.68. The minimum absolute atomic E-state index is 0.0578. The summed E-state index contributed by atoms with van der Waals surface area (Å²) in [5, 5.41) is 11.3. The molecule has 0 saturated heterocycles. The fraction of sp³-hybridized carbons (Fsp3) is 0.111. The van der Waals surface area contributed by atoms with Crippen molar-refractivity contribution in [1.82, 2.24) is 4.98 Å². The van der Waals surface area contributed by atoms with E-state index in [2.05, 4.69) is 4.98 Å². The van der Waals surface area contributed by atoms with Gasteiger partial charge in [0, 0.05) is 10.9 Å². The molecule has 3 rings (SSSR count). The van der Waals surface area contributed by atoms with Gasteiger partial charge in [-0.15, -0.1) is 11.3 Å². The van der Waals surface area contributed by atoms with E-state index in [-0.39, 0.29) is 6.42 Å². The van der Waals surface area contributed by atoms with Crippen LogP contribution in [0, 0.1) is 0 Å². The number of carboxylic acid groups (broad SMARTS) is 1. The van der Waals surface area contributed by atoms with Crippen LogP contribution in [-0.4, -0.2) is 16.1 Å². The molecule has 0 saturated carbocycles. The fourth-order valence-corrected chi connectivity index (χ4v) is 2.97. The first-order valence-electron chi connectivity index (χ1n) is 7.14. The van der Waals surface area contributed by atoms with Crippen molar-refractivity contribution in [3.05, 3.63) is 70.5 Å². The molecule has 23 heavy (non-hydrogen) atoms. The molecule has 1 heterocycles. The van der Waals surface area contributed by atoms with E-state index in [1.54, 1.807) is 0 Å². The van der Waals surface area contributed by atoms with Crippen molar-refractivity contribution in [3.8, 4) is 17.0 Å². The molecule has 0 aliphatic carbocycles. The quantitative estimate of drug-likeness (QED) is 0.744. The summed E-state index contributed by atoms with van der Waals surface area (Å²) in [5.41, 5.74) is 2.71. The van der Waals surface area contributed by atoms with Crippen molar-refractivity contribution in [3.63, 3.8) is 0 Å². The third-order valence-corrected chi connectivity index (χ3v) is 4.10. The second-order valence-electron chi connectivity index (χ2n) is 4.97. The molecule has 116 valence electrons. The minimum atomic E-state index is -0.875. The van der Waals surface area contributed by atoms with Crippen LogP contribution >= 0.6 is 11.3 Å². The van der Waals surface area contributed by atoms with Gasteiger partial charge in [-0.05, 0) is 17.7 Å². The van der Waals surface area contributed by atoms with Gasteiger partial charge in [0.25, 0.3) is 0 Å². The van der Waals surface area contributed by atoms with Gasteiger partial charge in [0.1, 0.15) is 17.4 Å². The molecular formula is C18H15NO3S. The highest BCUT2D eigenvalue weighted by Crippen LogP contribution is 2.31. The molecule has 0 bridgehead atoms. The first kappa shape index (κ1) is 15.2. The Morgan fingerprint density at radius 1 is 1.09 bits per heavy atom. The highest BCUT2D eigenvalue weighted by atomic mass is 32.1. The first-order valence-corrected chi connectivity index (χ1v) is 8.02. The number of hydrogen-bond donors (Lipinski definition) is 1. The molecule has 0 unspecified atom stereocenters. The molecule has 0 aliphatic rings.